The van der Waals surface area contributed by atoms with E-state index in [9.17, 15) is 14.7 Å². The Kier molecular flexibility index (Phi) is 6.28. The molecule has 1 aliphatic rings. The Morgan fingerprint density at radius 2 is 1.86 bits per heavy atom. The number of halogens is 1. The van der Waals surface area contributed by atoms with Crippen LogP contribution >= 0.6 is 11.6 Å². The van der Waals surface area contributed by atoms with E-state index in [1.54, 1.807) is 36.4 Å². The number of rotatable bonds is 8. The van der Waals surface area contributed by atoms with Crippen LogP contribution in [0, 0.1) is 0 Å². The molecule has 0 radical (unpaired) electrons. The lowest BCUT2D eigenvalue weighted by molar-refractivity contribution is -0.142. The van der Waals surface area contributed by atoms with Crippen molar-refractivity contribution in [3.63, 3.8) is 0 Å². The molecule has 2 N–H and O–H groups in total. The van der Waals surface area contributed by atoms with Crippen LogP contribution in [-0.4, -0.2) is 44.3 Å². The van der Waals surface area contributed by atoms with Crippen LogP contribution in [0.15, 0.2) is 72.8 Å². The van der Waals surface area contributed by atoms with Crippen LogP contribution < -0.4 is 0 Å². The first-order valence-electron chi connectivity index (χ1n) is 11.4. The number of carbonyl (C=O) groups is 2. The van der Waals surface area contributed by atoms with Crippen molar-refractivity contribution in [3.8, 4) is 0 Å². The molecule has 0 saturated heterocycles. The second-order valence-electron chi connectivity index (χ2n) is 8.45. The Hall–Kier alpha value is -3.68. The summed E-state index contributed by atoms with van der Waals surface area (Å²) in [7, 11) is 0. The average Bonchev–Trinajstić information content (AvgIpc) is 3.37. The van der Waals surface area contributed by atoms with E-state index >= 15 is 0 Å². The molecule has 1 unspecified atom stereocenters. The molecule has 2 heterocycles. The largest absolute Gasteiger partial charge is 0.465 e. The summed E-state index contributed by atoms with van der Waals surface area (Å²) in [5, 5.41) is 12.1. The van der Waals surface area contributed by atoms with Crippen molar-refractivity contribution in [2.45, 2.75) is 25.1 Å². The zero-order valence-electron chi connectivity index (χ0n) is 18.9. The van der Waals surface area contributed by atoms with Crippen LogP contribution in [0.25, 0.3) is 11.0 Å². The average molecular weight is 490 g/mol. The number of nitrogens with one attached hydrogen (secondary N) is 1. The number of ether oxygens (including phenoxy) is 1. The molecular weight excluding hydrogens is 466 g/mol. The molecule has 0 fully saturated rings. The van der Waals surface area contributed by atoms with Crippen LogP contribution in [0.5, 0.6) is 0 Å². The minimum Gasteiger partial charge on any atom is -0.465 e. The number of nitrogens with zero attached hydrogens (tertiary/aromatic N) is 2. The zero-order chi connectivity index (χ0) is 24.4. The van der Waals surface area contributed by atoms with Crippen LogP contribution in [0.1, 0.15) is 39.3 Å². The van der Waals surface area contributed by atoms with Gasteiger partial charge in [0, 0.05) is 29.1 Å². The molecule has 0 aliphatic carbocycles. The highest BCUT2D eigenvalue weighted by atomic mass is 35.5. The number of esters is 1. The number of aliphatic hydroxyl groups is 1. The lowest BCUT2D eigenvalue weighted by atomic mass is 9.93. The van der Waals surface area contributed by atoms with E-state index < -0.39 is 11.7 Å². The number of hydrogen-bond acceptors (Lipinski definition) is 5. The fourth-order valence-electron chi connectivity index (χ4n) is 4.47. The molecule has 1 aliphatic heterocycles. The lowest BCUT2D eigenvalue weighted by Gasteiger charge is -2.35. The fraction of sp³-hybridized carbons (Fsp3) is 0.222. The lowest BCUT2D eigenvalue weighted by Crippen LogP contribution is -2.44. The Morgan fingerprint density at radius 1 is 1.09 bits per heavy atom. The molecule has 1 aromatic heterocycles. The van der Waals surface area contributed by atoms with E-state index in [0.29, 0.717) is 45.8 Å². The third kappa shape index (κ3) is 4.29. The maximum absolute atomic E-state index is 13.4. The van der Waals surface area contributed by atoms with Crippen molar-refractivity contribution in [3.05, 3.63) is 101 Å². The SMILES string of the molecule is O=C(Cc1nc2ccc(C3(O)c4ccccc4C(=O)N3Cc3ccccc3)cc2[nH]1)OCCCCl. The van der Waals surface area contributed by atoms with E-state index in [4.69, 9.17) is 16.3 Å². The van der Waals surface area contributed by atoms with Gasteiger partial charge in [0.1, 0.15) is 12.2 Å². The first-order chi connectivity index (χ1) is 17.0. The van der Waals surface area contributed by atoms with Gasteiger partial charge in [0.05, 0.1) is 17.6 Å². The monoisotopic (exact) mass is 489 g/mol. The number of benzene rings is 3. The number of imidazole rings is 1. The fourth-order valence-corrected chi connectivity index (χ4v) is 4.58. The van der Waals surface area contributed by atoms with Crippen molar-refractivity contribution >= 4 is 34.5 Å². The van der Waals surface area contributed by atoms with Crippen molar-refractivity contribution in [1.29, 1.82) is 0 Å². The van der Waals surface area contributed by atoms with Gasteiger partial charge in [-0.1, -0.05) is 54.6 Å². The third-order valence-electron chi connectivity index (χ3n) is 6.14. The summed E-state index contributed by atoms with van der Waals surface area (Å²) in [6.45, 7) is 0.510. The number of alkyl halides is 1. The van der Waals surface area contributed by atoms with E-state index in [1.165, 1.54) is 4.90 Å². The predicted molar refractivity (Wildman–Crippen MR) is 132 cm³/mol. The van der Waals surface area contributed by atoms with Crippen LogP contribution in [0.4, 0.5) is 0 Å². The number of aromatic amines is 1. The van der Waals surface area contributed by atoms with Crippen LogP contribution in [0.2, 0.25) is 0 Å². The van der Waals surface area contributed by atoms with Gasteiger partial charge in [0.2, 0.25) is 0 Å². The van der Waals surface area contributed by atoms with Crippen molar-refractivity contribution in [1.82, 2.24) is 14.9 Å². The Morgan fingerprint density at radius 3 is 2.66 bits per heavy atom. The highest BCUT2D eigenvalue weighted by Gasteiger charge is 2.49. The normalized spacial score (nSPS) is 17.1. The number of aromatic nitrogens is 2. The Balaban J connectivity index is 1.50. The van der Waals surface area contributed by atoms with Crippen molar-refractivity contribution in [2.75, 3.05) is 12.5 Å². The summed E-state index contributed by atoms with van der Waals surface area (Å²) in [6.07, 6.45) is 0.590. The predicted octanol–water partition coefficient (Wildman–Crippen LogP) is 4.13. The van der Waals surface area contributed by atoms with Crippen LogP contribution in [-0.2, 0) is 28.2 Å². The molecule has 7 nitrogen and oxygen atoms in total. The van der Waals surface area contributed by atoms with Gasteiger partial charge in [0.15, 0.2) is 5.72 Å². The molecule has 1 amide bonds. The number of carbonyl (C=O) groups excluding carboxylic acids is 2. The summed E-state index contributed by atoms with van der Waals surface area (Å²) < 4.78 is 5.16. The molecule has 35 heavy (non-hydrogen) atoms. The van der Waals surface area contributed by atoms with E-state index in [-0.39, 0.29) is 25.5 Å². The maximum Gasteiger partial charge on any atom is 0.313 e. The molecule has 8 heteroatoms. The van der Waals surface area contributed by atoms with Gasteiger partial charge >= 0.3 is 5.97 Å². The first-order valence-corrected chi connectivity index (χ1v) is 11.9. The van der Waals surface area contributed by atoms with Gasteiger partial charge in [-0.3, -0.25) is 14.5 Å². The highest BCUT2D eigenvalue weighted by Crippen LogP contribution is 2.43. The van der Waals surface area contributed by atoms with E-state index in [2.05, 4.69) is 9.97 Å². The molecule has 4 aromatic rings. The molecule has 5 rings (SSSR count). The number of amides is 1. The third-order valence-corrected chi connectivity index (χ3v) is 6.41. The molecule has 1 atom stereocenters. The number of fused-ring (bicyclic) bond motifs is 2. The number of H-pyrrole nitrogens is 1. The number of hydrogen-bond donors (Lipinski definition) is 2. The second kappa shape index (κ2) is 9.52. The van der Waals surface area contributed by atoms with E-state index in [1.807, 2.05) is 36.4 Å². The smallest absolute Gasteiger partial charge is 0.313 e. The summed E-state index contributed by atoms with van der Waals surface area (Å²) >= 11 is 5.62. The molecule has 3 aromatic carbocycles. The summed E-state index contributed by atoms with van der Waals surface area (Å²) in [4.78, 5) is 34.5. The summed E-state index contributed by atoms with van der Waals surface area (Å²) in [6, 6.07) is 22.0. The molecule has 0 saturated carbocycles. The van der Waals surface area contributed by atoms with Crippen molar-refractivity contribution < 1.29 is 19.4 Å². The van der Waals surface area contributed by atoms with Gasteiger partial charge in [-0.2, -0.15) is 0 Å². The topological polar surface area (TPSA) is 95.5 Å². The van der Waals surface area contributed by atoms with E-state index in [0.717, 1.165) is 5.56 Å². The van der Waals surface area contributed by atoms with Crippen molar-refractivity contribution in [2.24, 2.45) is 0 Å². The molecule has 0 bridgehead atoms. The van der Waals surface area contributed by atoms with Gasteiger partial charge in [-0.25, -0.2) is 4.98 Å². The van der Waals surface area contributed by atoms with Gasteiger partial charge in [-0.15, -0.1) is 11.6 Å². The second-order valence-corrected chi connectivity index (χ2v) is 8.83. The summed E-state index contributed by atoms with van der Waals surface area (Å²) in [5.41, 5.74) is 2.07. The van der Waals surface area contributed by atoms with Gasteiger partial charge in [-0.05, 0) is 30.2 Å². The first kappa shape index (κ1) is 23.1. The zero-order valence-corrected chi connectivity index (χ0v) is 19.7. The highest BCUT2D eigenvalue weighted by molar-refractivity contribution is 6.17. The summed E-state index contributed by atoms with van der Waals surface area (Å²) in [5.74, 6) is 0.259. The van der Waals surface area contributed by atoms with Gasteiger partial charge in [0.25, 0.3) is 5.91 Å². The minimum atomic E-state index is -1.66. The van der Waals surface area contributed by atoms with Crippen LogP contribution in [0.3, 0.4) is 0 Å². The molecule has 0 spiro atoms. The molecule has 178 valence electrons. The maximum atomic E-state index is 13.4. The molecular formula is C27H24ClN3O4. The quantitative estimate of drug-likeness (QED) is 0.220. The Bertz CT molecular complexity index is 1390. The Labute approximate surface area is 207 Å². The standard InChI is InChI=1S/C27H24ClN3O4/c28-13-6-14-35-25(32)16-24-29-22-12-11-19(15-23(22)30-24)27(34)21-10-5-4-9-20(21)26(33)31(27)17-18-7-2-1-3-8-18/h1-5,7-12,15,34H,6,13-14,16-17H2,(H,29,30). The minimum absolute atomic E-state index is 0.00197. The van der Waals surface area contributed by atoms with Gasteiger partial charge < -0.3 is 14.8 Å².